The lowest BCUT2D eigenvalue weighted by Gasteiger charge is -2.22. The molecule has 0 aliphatic carbocycles. The molecule has 4 amide bonds. The first-order valence-corrected chi connectivity index (χ1v) is 9.68. The monoisotopic (exact) mass is 453 g/mol. The van der Waals surface area contributed by atoms with Gasteiger partial charge < -0.3 is 16.0 Å². The summed E-state index contributed by atoms with van der Waals surface area (Å²) in [6.07, 6.45) is 1.43. The molecular weight excluding hydrogens is 436 g/mol. The van der Waals surface area contributed by atoms with Crippen molar-refractivity contribution >= 4 is 46.9 Å². The Balaban J connectivity index is 1.53. The number of aromatic nitrogens is 1. The SMILES string of the molecule is CC1(c2ccc(F)cc2)NC(=O)N(CC(=O)NCCNc2ncc(Cl)cc2Cl)C1=O. The second kappa shape index (κ2) is 8.85. The fourth-order valence-electron chi connectivity index (χ4n) is 2.95. The van der Waals surface area contributed by atoms with Crippen LogP contribution >= 0.6 is 23.2 Å². The molecule has 158 valence electrons. The molecule has 1 unspecified atom stereocenters. The first kappa shape index (κ1) is 21.8. The number of nitrogens with one attached hydrogen (secondary N) is 3. The zero-order valence-corrected chi connectivity index (χ0v) is 17.4. The average molecular weight is 454 g/mol. The van der Waals surface area contributed by atoms with E-state index in [9.17, 15) is 18.8 Å². The number of hydrogen-bond donors (Lipinski definition) is 3. The molecule has 0 radical (unpaired) electrons. The molecule has 2 heterocycles. The highest BCUT2D eigenvalue weighted by molar-refractivity contribution is 6.35. The third kappa shape index (κ3) is 4.63. The lowest BCUT2D eigenvalue weighted by Crippen LogP contribution is -2.43. The van der Waals surface area contributed by atoms with Gasteiger partial charge in [-0.2, -0.15) is 0 Å². The van der Waals surface area contributed by atoms with E-state index in [-0.39, 0.29) is 6.54 Å². The van der Waals surface area contributed by atoms with Crippen LogP contribution in [-0.2, 0) is 15.1 Å². The van der Waals surface area contributed by atoms with Crippen LogP contribution in [0.15, 0.2) is 36.5 Å². The number of rotatable bonds is 7. The van der Waals surface area contributed by atoms with Crippen LogP contribution in [0.3, 0.4) is 0 Å². The molecule has 2 aromatic rings. The summed E-state index contributed by atoms with van der Waals surface area (Å²) in [5.41, 5.74) is -0.953. The third-order valence-electron chi connectivity index (χ3n) is 4.55. The minimum atomic E-state index is -1.37. The normalized spacial score (nSPS) is 18.3. The number of nitrogens with zero attached hydrogens (tertiary/aromatic N) is 2. The van der Waals surface area contributed by atoms with E-state index in [4.69, 9.17) is 23.2 Å². The van der Waals surface area contributed by atoms with Gasteiger partial charge in [-0.05, 0) is 30.7 Å². The average Bonchev–Trinajstić information content (AvgIpc) is 2.91. The quantitative estimate of drug-likeness (QED) is 0.441. The Labute approximate surface area is 181 Å². The first-order chi connectivity index (χ1) is 14.2. The zero-order chi connectivity index (χ0) is 21.9. The number of hydrogen-bond acceptors (Lipinski definition) is 5. The summed E-state index contributed by atoms with van der Waals surface area (Å²) in [6.45, 7) is 1.58. The number of benzene rings is 1. The standard InChI is InChI=1S/C19H18Cl2FN5O3/c1-19(11-2-4-13(22)5-3-11)17(29)27(18(30)26-19)10-15(28)23-6-7-24-16-14(21)8-12(20)9-25-16/h2-5,8-9H,6-7,10H2,1H3,(H,23,28)(H,24,25)(H,26,30). The van der Waals surface area contributed by atoms with Crippen LogP contribution in [0.1, 0.15) is 12.5 Å². The largest absolute Gasteiger partial charge is 0.367 e. The van der Waals surface area contributed by atoms with E-state index < -0.39 is 35.7 Å². The van der Waals surface area contributed by atoms with E-state index in [1.165, 1.54) is 43.5 Å². The van der Waals surface area contributed by atoms with Gasteiger partial charge in [0, 0.05) is 19.3 Å². The number of anilines is 1. The fraction of sp³-hybridized carbons (Fsp3) is 0.263. The molecule has 1 atom stereocenters. The molecule has 8 nitrogen and oxygen atoms in total. The second-order valence-corrected chi connectivity index (χ2v) is 7.56. The zero-order valence-electron chi connectivity index (χ0n) is 15.8. The Hall–Kier alpha value is -2.91. The van der Waals surface area contributed by atoms with Gasteiger partial charge in [-0.15, -0.1) is 0 Å². The van der Waals surface area contributed by atoms with Crippen molar-refractivity contribution in [3.05, 3.63) is 58.0 Å². The first-order valence-electron chi connectivity index (χ1n) is 8.92. The number of amides is 4. The molecule has 0 bridgehead atoms. The molecule has 0 spiro atoms. The van der Waals surface area contributed by atoms with Crippen molar-refractivity contribution in [2.75, 3.05) is 25.0 Å². The van der Waals surface area contributed by atoms with E-state index in [0.717, 1.165) is 4.90 Å². The Morgan fingerprint density at radius 1 is 1.23 bits per heavy atom. The van der Waals surface area contributed by atoms with Gasteiger partial charge in [0.1, 0.15) is 23.7 Å². The van der Waals surface area contributed by atoms with Crippen molar-refractivity contribution in [3.8, 4) is 0 Å². The molecule has 11 heteroatoms. The van der Waals surface area contributed by atoms with Gasteiger partial charge in [0.15, 0.2) is 0 Å². The fourth-order valence-corrected chi connectivity index (χ4v) is 3.39. The summed E-state index contributed by atoms with van der Waals surface area (Å²) >= 11 is 11.8. The van der Waals surface area contributed by atoms with Crippen molar-refractivity contribution in [1.29, 1.82) is 0 Å². The van der Waals surface area contributed by atoms with E-state index >= 15 is 0 Å². The smallest absolute Gasteiger partial charge is 0.325 e. The van der Waals surface area contributed by atoms with Crippen molar-refractivity contribution in [2.45, 2.75) is 12.5 Å². The summed E-state index contributed by atoms with van der Waals surface area (Å²) in [7, 11) is 0. The van der Waals surface area contributed by atoms with Crippen LogP contribution in [0.25, 0.3) is 0 Å². The molecule has 0 saturated carbocycles. The highest BCUT2D eigenvalue weighted by atomic mass is 35.5. The lowest BCUT2D eigenvalue weighted by atomic mass is 9.92. The Morgan fingerprint density at radius 3 is 2.60 bits per heavy atom. The number of pyridine rings is 1. The van der Waals surface area contributed by atoms with Crippen molar-refractivity contribution < 1.29 is 18.8 Å². The number of halogens is 3. The molecule has 3 rings (SSSR count). The number of carbonyl (C=O) groups is 3. The van der Waals surface area contributed by atoms with E-state index in [1.807, 2.05) is 0 Å². The molecule has 1 aliphatic heterocycles. The van der Waals surface area contributed by atoms with Crippen LogP contribution in [0, 0.1) is 5.82 Å². The number of imide groups is 1. The van der Waals surface area contributed by atoms with Crippen LogP contribution in [-0.4, -0.2) is 47.4 Å². The Morgan fingerprint density at radius 2 is 1.93 bits per heavy atom. The van der Waals surface area contributed by atoms with Crippen LogP contribution in [0.4, 0.5) is 15.0 Å². The molecule has 1 saturated heterocycles. The van der Waals surface area contributed by atoms with E-state index in [0.29, 0.717) is 28.0 Å². The maximum absolute atomic E-state index is 13.2. The van der Waals surface area contributed by atoms with E-state index in [1.54, 1.807) is 0 Å². The van der Waals surface area contributed by atoms with Crippen molar-refractivity contribution in [2.24, 2.45) is 0 Å². The summed E-state index contributed by atoms with van der Waals surface area (Å²) in [4.78, 5) is 42.0. The Kier molecular flexibility index (Phi) is 6.42. The summed E-state index contributed by atoms with van der Waals surface area (Å²) in [6, 6.07) is 6.07. The minimum Gasteiger partial charge on any atom is -0.367 e. The van der Waals surface area contributed by atoms with Gasteiger partial charge in [-0.25, -0.2) is 14.2 Å². The second-order valence-electron chi connectivity index (χ2n) is 6.71. The molecule has 1 aromatic heterocycles. The molecule has 1 aliphatic rings. The maximum Gasteiger partial charge on any atom is 0.325 e. The van der Waals surface area contributed by atoms with Gasteiger partial charge >= 0.3 is 6.03 Å². The van der Waals surface area contributed by atoms with Gasteiger partial charge in [-0.3, -0.25) is 14.5 Å². The highest BCUT2D eigenvalue weighted by Crippen LogP contribution is 2.28. The van der Waals surface area contributed by atoms with Gasteiger partial charge in [0.05, 0.1) is 10.0 Å². The predicted molar refractivity (Wildman–Crippen MR) is 110 cm³/mol. The van der Waals surface area contributed by atoms with Gasteiger partial charge in [0.25, 0.3) is 5.91 Å². The molecule has 1 fully saturated rings. The summed E-state index contributed by atoms with van der Waals surface area (Å²) in [5.74, 6) is -1.15. The van der Waals surface area contributed by atoms with Gasteiger partial charge in [0.2, 0.25) is 5.91 Å². The van der Waals surface area contributed by atoms with Gasteiger partial charge in [-0.1, -0.05) is 35.3 Å². The van der Waals surface area contributed by atoms with Crippen LogP contribution in [0.5, 0.6) is 0 Å². The number of urea groups is 1. The number of carbonyl (C=O) groups excluding carboxylic acids is 3. The molecule has 3 N–H and O–H groups in total. The molecule has 30 heavy (non-hydrogen) atoms. The van der Waals surface area contributed by atoms with E-state index in [2.05, 4.69) is 20.9 Å². The van der Waals surface area contributed by atoms with Crippen LogP contribution < -0.4 is 16.0 Å². The minimum absolute atomic E-state index is 0.207. The topological polar surface area (TPSA) is 103 Å². The van der Waals surface area contributed by atoms with Crippen LogP contribution in [0.2, 0.25) is 10.0 Å². The van der Waals surface area contributed by atoms with Crippen molar-refractivity contribution in [3.63, 3.8) is 0 Å². The predicted octanol–water partition coefficient (Wildman–Crippen LogP) is 2.52. The third-order valence-corrected chi connectivity index (χ3v) is 5.04. The maximum atomic E-state index is 13.2. The summed E-state index contributed by atoms with van der Waals surface area (Å²) < 4.78 is 13.2. The van der Waals surface area contributed by atoms with Crippen molar-refractivity contribution in [1.82, 2.24) is 20.5 Å². The molecular formula is C19H18Cl2FN5O3. The molecule has 1 aromatic carbocycles. The Bertz CT molecular complexity index is 989. The highest BCUT2D eigenvalue weighted by Gasteiger charge is 2.49. The lowest BCUT2D eigenvalue weighted by molar-refractivity contribution is -0.134. The summed E-state index contributed by atoms with van der Waals surface area (Å²) in [5, 5.41) is 8.85.